The van der Waals surface area contributed by atoms with E-state index < -0.39 is 0 Å². The molecule has 4 aliphatic heterocycles. The summed E-state index contributed by atoms with van der Waals surface area (Å²) >= 11 is 0. The highest BCUT2D eigenvalue weighted by molar-refractivity contribution is 5.75. The summed E-state index contributed by atoms with van der Waals surface area (Å²) in [6.07, 6.45) is 4.77. The van der Waals surface area contributed by atoms with Crippen molar-refractivity contribution in [1.82, 2.24) is 9.13 Å². The predicted molar refractivity (Wildman–Crippen MR) is 190 cm³/mol. The Morgan fingerprint density at radius 1 is 0.391 bits per heavy atom. The molecule has 4 aromatic carbocycles. The fourth-order valence-corrected chi connectivity index (χ4v) is 8.15. The van der Waals surface area contributed by atoms with Crippen LogP contribution in [0, 0.1) is 83.1 Å². The van der Waals surface area contributed by atoms with Gasteiger partial charge in [0.2, 0.25) is 12.7 Å². The van der Waals surface area contributed by atoms with Gasteiger partial charge in [0.15, 0.2) is 22.1 Å². The number of hydrogen-bond donors (Lipinski definition) is 0. The zero-order chi connectivity index (χ0) is 32.9. The van der Waals surface area contributed by atoms with Crippen molar-refractivity contribution in [3.63, 3.8) is 0 Å². The normalized spacial score (nSPS) is 13.3. The van der Waals surface area contributed by atoms with Crippen LogP contribution in [-0.4, -0.2) is 9.13 Å². The Morgan fingerprint density at radius 3 is 1.00 bits per heavy atom. The van der Waals surface area contributed by atoms with E-state index in [1.165, 1.54) is 111 Å². The molecule has 236 valence electrons. The van der Waals surface area contributed by atoms with Crippen LogP contribution in [0.15, 0.2) is 36.9 Å². The van der Waals surface area contributed by atoms with Gasteiger partial charge < -0.3 is 0 Å². The summed E-state index contributed by atoms with van der Waals surface area (Å²) in [4.78, 5) is 0. The molecule has 6 heterocycles. The molecule has 4 nitrogen and oxygen atoms in total. The maximum absolute atomic E-state index is 2.50. The molecule has 0 aliphatic carbocycles. The fourth-order valence-electron chi connectivity index (χ4n) is 8.15. The van der Waals surface area contributed by atoms with Crippen molar-refractivity contribution in [3.05, 3.63) is 126 Å². The molecule has 0 saturated carbocycles. The van der Waals surface area contributed by atoms with Gasteiger partial charge in [-0.25, -0.2) is 18.3 Å². The first-order valence-corrected chi connectivity index (χ1v) is 16.9. The zero-order valence-electron chi connectivity index (χ0n) is 30.1. The van der Waals surface area contributed by atoms with E-state index in [0.717, 1.165) is 26.2 Å². The minimum atomic E-state index is 0.867. The largest absolute Gasteiger partial charge is 0.245 e. The van der Waals surface area contributed by atoms with Crippen molar-refractivity contribution in [2.45, 2.75) is 109 Å². The topological polar surface area (TPSA) is 17.6 Å². The van der Waals surface area contributed by atoms with Gasteiger partial charge in [0, 0.05) is 0 Å². The molecule has 0 N–H and O–H groups in total. The molecule has 0 spiro atoms. The lowest BCUT2D eigenvalue weighted by Crippen LogP contribution is -2.35. The van der Waals surface area contributed by atoms with Crippen LogP contribution in [-0.2, 0) is 26.2 Å². The Kier molecular flexibility index (Phi) is 7.08. The smallest absolute Gasteiger partial charge is 0.226 e. The van der Waals surface area contributed by atoms with Crippen LogP contribution in [0.5, 0.6) is 0 Å². The number of nitrogens with zero attached hydrogens (tertiary/aromatic N) is 4. The average molecular weight is 611 g/mol. The van der Waals surface area contributed by atoms with E-state index in [4.69, 9.17) is 0 Å². The number of imidazole rings is 2. The van der Waals surface area contributed by atoms with Gasteiger partial charge >= 0.3 is 0 Å². The molecule has 8 bridgehead atoms. The summed E-state index contributed by atoms with van der Waals surface area (Å²) < 4.78 is 10.0. The lowest BCUT2D eigenvalue weighted by molar-refractivity contribution is -0.663. The Bertz CT molecular complexity index is 1900. The highest BCUT2D eigenvalue weighted by Gasteiger charge is 2.27. The second-order valence-electron chi connectivity index (χ2n) is 14.5. The molecule has 46 heavy (non-hydrogen) atoms. The van der Waals surface area contributed by atoms with Gasteiger partial charge in [-0.05, 0) is 196 Å². The minimum Gasteiger partial charge on any atom is -0.226 e. The van der Waals surface area contributed by atoms with E-state index >= 15 is 0 Å². The lowest BCUT2D eigenvalue weighted by Gasteiger charge is -2.20. The predicted octanol–water partition coefficient (Wildman–Crippen LogP) is 8.38. The van der Waals surface area contributed by atoms with Crippen LogP contribution in [0.4, 0.5) is 0 Å². The molecule has 0 fully saturated rings. The van der Waals surface area contributed by atoms with Gasteiger partial charge in [-0.3, -0.25) is 0 Å². The summed E-state index contributed by atoms with van der Waals surface area (Å²) in [5.74, 6) is 0. The van der Waals surface area contributed by atoms with Crippen molar-refractivity contribution in [1.29, 1.82) is 0 Å². The van der Waals surface area contributed by atoms with Crippen LogP contribution in [0.2, 0.25) is 0 Å². The first kappa shape index (κ1) is 30.5. The number of aromatic nitrogens is 4. The van der Waals surface area contributed by atoms with Crippen LogP contribution < -0.4 is 9.13 Å². The van der Waals surface area contributed by atoms with Gasteiger partial charge in [-0.2, -0.15) is 0 Å². The summed E-state index contributed by atoms with van der Waals surface area (Å²) in [5, 5.41) is 0. The van der Waals surface area contributed by atoms with Gasteiger partial charge in [0.1, 0.15) is 26.2 Å². The minimum absolute atomic E-state index is 0.867. The molecular weight excluding hydrogens is 560 g/mol. The third-order valence-corrected chi connectivity index (χ3v) is 12.2. The SMILES string of the molecule is Cc1cc2c(cc1C)[n+]1cn2Cc2c(C)c(C)c(c(C)c2C)C[n+]2cn(c3cc(C)c(C)cc32)Cc2c(C)c(C)c(c(C)c2C)C1. The number of hydrogen-bond acceptors (Lipinski definition) is 0. The van der Waals surface area contributed by atoms with Crippen LogP contribution in [0.1, 0.15) is 89.0 Å². The van der Waals surface area contributed by atoms with Crippen LogP contribution in [0.3, 0.4) is 0 Å². The quantitative estimate of drug-likeness (QED) is 0.154. The van der Waals surface area contributed by atoms with Gasteiger partial charge in [-0.15, -0.1) is 0 Å². The van der Waals surface area contributed by atoms with E-state index in [9.17, 15) is 0 Å². The molecule has 4 aliphatic rings. The highest BCUT2D eigenvalue weighted by Crippen LogP contribution is 2.32. The molecule has 4 heteroatoms. The average Bonchev–Trinajstić information content (AvgIpc) is 3.51. The van der Waals surface area contributed by atoms with Crippen molar-refractivity contribution in [3.8, 4) is 0 Å². The Morgan fingerprint density at radius 2 is 0.674 bits per heavy atom. The van der Waals surface area contributed by atoms with Gasteiger partial charge in [-0.1, -0.05) is 0 Å². The van der Waals surface area contributed by atoms with E-state index in [-0.39, 0.29) is 0 Å². The molecule has 0 amide bonds. The molecule has 0 radical (unpaired) electrons. The van der Waals surface area contributed by atoms with E-state index in [1.54, 1.807) is 0 Å². The van der Waals surface area contributed by atoms with Crippen molar-refractivity contribution in [2.75, 3.05) is 0 Å². The number of benzene rings is 4. The summed E-state index contributed by atoms with van der Waals surface area (Å²) in [6, 6.07) is 9.60. The highest BCUT2D eigenvalue weighted by atomic mass is 15.1. The van der Waals surface area contributed by atoms with E-state index in [1.807, 2.05) is 0 Å². The first-order valence-electron chi connectivity index (χ1n) is 16.9. The third-order valence-electron chi connectivity index (χ3n) is 12.2. The summed E-state index contributed by atoms with van der Waals surface area (Å²) in [6.45, 7) is 31.2. The summed E-state index contributed by atoms with van der Waals surface area (Å²) in [5.41, 5.74) is 27.8. The van der Waals surface area contributed by atoms with Gasteiger partial charge in [0.05, 0.1) is 0 Å². The van der Waals surface area contributed by atoms with Crippen molar-refractivity contribution in [2.24, 2.45) is 0 Å². The Labute approximate surface area is 274 Å². The molecule has 6 aromatic rings. The van der Waals surface area contributed by atoms with Crippen molar-refractivity contribution >= 4 is 22.1 Å². The number of fused-ring (bicyclic) bond motifs is 2. The molecule has 10 rings (SSSR count). The first-order chi connectivity index (χ1) is 21.8. The van der Waals surface area contributed by atoms with E-state index in [2.05, 4.69) is 138 Å². The molecule has 0 saturated heterocycles. The third kappa shape index (κ3) is 4.47. The second-order valence-corrected chi connectivity index (χ2v) is 14.5. The molecular formula is C42H50N4+2. The standard InChI is InChI=1S/C42H50N4/c1-23-13-39-40(14-24(23)2)44-18-36-31(9)33(11)38(34(12)32(36)10)20-46-22-45(41-15-25(3)26(4)16-42(41)46)19-37-29(7)27(5)35(17-43(39)21-44)28(6)30(37)8/h13-16,21-22H,17-20H2,1-12H3/q+2. The van der Waals surface area contributed by atoms with E-state index in [0.29, 0.717) is 0 Å². The maximum atomic E-state index is 2.50. The Hall–Kier alpha value is -4.18. The van der Waals surface area contributed by atoms with Crippen molar-refractivity contribution < 1.29 is 9.13 Å². The Balaban J connectivity index is 1.56. The summed E-state index contributed by atoms with van der Waals surface area (Å²) in [7, 11) is 0. The van der Waals surface area contributed by atoms with Crippen LogP contribution in [0.25, 0.3) is 22.1 Å². The molecule has 0 unspecified atom stereocenters. The molecule has 2 aromatic heterocycles. The lowest BCUT2D eigenvalue weighted by atomic mass is 9.88. The number of aryl methyl sites for hydroxylation is 4. The molecule has 0 atom stereocenters. The number of rotatable bonds is 0. The zero-order valence-corrected chi connectivity index (χ0v) is 30.1. The maximum Gasteiger partial charge on any atom is 0.245 e. The van der Waals surface area contributed by atoms with Gasteiger partial charge in [0.25, 0.3) is 0 Å². The van der Waals surface area contributed by atoms with Crippen LogP contribution >= 0.6 is 0 Å². The second kappa shape index (κ2) is 10.7. The monoisotopic (exact) mass is 610 g/mol. The fraction of sp³-hybridized carbons (Fsp3) is 0.381.